The molecule has 0 aromatic carbocycles. The second kappa shape index (κ2) is 4.51. The lowest BCUT2D eigenvalue weighted by Gasteiger charge is -2.24. The quantitative estimate of drug-likeness (QED) is 0.845. The first-order valence-electron chi connectivity index (χ1n) is 6.13. The van der Waals surface area contributed by atoms with E-state index in [0.717, 1.165) is 41.6 Å². The van der Waals surface area contributed by atoms with Gasteiger partial charge < -0.3 is 10.8 Å². The van der Waals surface area contributed by atoms with Gasteiger partial charge in [0.1, 0.15) is 15.9 Å². The third-order valence-electron chi connectivity index (χ3n) is 3.58. The second-order valence-electron chi connectivity index (χ2n) is 4.81. The summed E-state index contributed by atoms with van der Waals surface area (Å²) < 4.78 is 2.71. The van der Waals surface area contributed by atoms with Gasteiger partial charge in [-0.05, 0) is 35.2 Å². The van der Waals surface area contributed by atoms with Crippen molar-refractivity contribution in [3.05, 3.63) is 22.8 Å². The molecule has 96 valence electrons. The van der Waals surface area contributed by atoms with Crippen LogP contribution in [0.5, 0.6) is 0 Å². The molecular formula is C12H15BrN4O. The molecule has 2 aromatic heterocycles. The number of imidazole rings is 1. The summed E-state index contributed by atoms with van der Waals surface area (Å²) in [7, 11) is 0. The van der Waals surface area contributed by atoms with Gasteiger partial charge in [-0.1, -0.05) is 6.42 Å². The number of anilines is 1. The molecule has 3 N–H and O–H groups in total. The molecule has 0 amide bonds. The van der Waals surface area contributed by atoms with Gasteiger partial charge in [-0.15, -0.1) is 0 Å². The Hall–Kier alpha value is -1.14. The SMILES string of the molecule is Nc1nccn2c(C3CCCC(O)C3)nc(Br)c12. The lowest BCUT2D eigenvalue weighted by Crippen LogP contribution is -2.19. The number of nitrogens with two attached hydrogens (primary N) is 1. The lowest BCUT2D eigenvalue weighted by atomic mass is 9.87. The molecule has 18 heavy (non-hydrogen) atoms. The first kappa shape index (κ1) is 11.9. The molecule has 0 bridgehead atoms. The molecular weight excluding hydrogens is 296 g/mol. The number of nitrogen functional groups attached to an aromatic ring is 1. The highest BCUT2D eigenvalue weighted by Gasteiger charge is 2.26. The van der Waals surface area contributed by atoms with Gasteiger partial charge in [0.2, 0.25) is 0 Å². The van der Waals surface area contributed by atoms with Crippen molar-refractivity contribution in [3.8, 4) is 0 Å². The summed E-state index contributed by atoms with van der Waals surface area (Å²) in [6.07, 6.45) is 7.11. The van der Waals surface area contributed by atoms with Gasteiger partial charge in [-0.25, -0.2) is 9.97 Å². The van der Waals surface area contributed by atoms with Crippen molar-refractivity contribution in [1.29, 1.82) is 0 Å². The molecule has 3 rings (SSSR count). The number of hydrogen-bond acceptors (Lipinski definition) is 4. The van der Waals surface area contributed by atoms with Gasteiger partial charge in [0.25, 0.3) is 0 Å². The van der Waals surface area contributed by atoms with E-state index in [4.69, 9.17) is 5.73 Å². The zero-order valence-corrected chi connectivity index (χ0v) is 11.5. The molecule has 0 radical (unpaired) electrons. The van der Waals surface area contributed by atoms with Crippen molar-refractivity contribution in [2.24, 2.45) is 0 Å². The fourth-order valence-electron chi connectivity index (χ4n) is 2.73. The highest BCUT2D eigenvalue weighted by molar-refractivity contribution is 9.10. The Morgan fingerprint density at radius 1 is 1.44 bits per heavy atom. The summed E-state index contributed by atoms with van der Waals surface area (Å²) in [5, 5.41) is 9.79. The van der Waals surface area contributed by atoms with E-state index in [0.29, 0.717) is 5.82 Å². The topological polar surface area (TPSA) is 76.4 Å². The summed E-state index contributed by atoms with van der Waals surface area (Å²) in [6.45, 7) is 0. The zero-order valence-electron chi connectivity index (χ0n) is 9.88. The Bertz CT molecular complexity index is 583. The van der Waals surface area contributed by atoms with E-state index in [1.165, 1.54) is 0 Å². The van der Waals surface area contributed by atoms with Gasteiger partial charge in [0, 0.05) is 18.3 Å². The van der Waals surface area contributed by atoms with Crippen molar-refractivity contribution in [2.45, 2.75) is 37.7 Å². The van der Waals surface area contributed by atoms with Crippen molar-refractivity contribution >= 4 is 27.3 Å². The van der Waals surface area contributed by atoms with Crippen LogP contribution < -0.4 is 5.73 Å². The number of rotatable bonds is 1. The lowest BCUT2D eigenvalue weighted by molar-refractivity contribution is 0.118. The summed E-state index contributed by atoms with van der Waals surface area (Å²) in [6, 6.07) is 0. The number of halogens is 1. The zero-order chi connectivity index (χ0) is 12.7. The van der Waals surface area contributed by atoms with E-state index in [9.17, 15) is 5.11 Å². The molecule has 2 unspecified atom stereocenters. The van der Waals surface area contributed by atoms with Crippen LogP contribution >= 0.6 is 15.9 Å². The summed E-state index contributed by atoms with van der Waals surface area (Å²) >= 11 is 3.44. The van der Waals surface area contributed by atoms with E-state index < -0.39 is 0 Å². The highest BCUT2D eigenvalue weighted by atomic mass is 79.9. The van der Waals surface area contributed by atoms with Gasteiger partial charge in [0.05, 0.1) is 6.10 Å². The molecule has 0 saturated heterocycles. The molecule has 1 fully saturated rings. The number of hydrogen-bond donors (Lipinski definition) is 2. The van der Waals surface area contributed by atoms with Crippen LogP contribution in [0.25, 0.3) is 5.52 Å². The number of fused-ring (bicyclic) bond motifs is 1. The van der Waals surface area contributed by atoms with Crippen LogP contribution in [0.4, 0.5) is 5.82 Å². The highest BCUT2D eigenvalue weighted by Crippen LogP contribution is 2.35. The first-order chi connectivity index (χ1) is 8.66. The number of aliphatic hydroxyl groups is 1. The average molecular weight is 311 g/mol. The third kappa shape index (κ3) is 1.89. The molecule has 0 aliphatic heterocycles. The Labute approximate surface area is 113 Å². The average Bonchev–Trinajstić information content (AvgIpc) is 2.68. The van der Waals surface area contributed by atoms with Crippen LogP contribution in [0.1, 0.15) is 37.4 Å². The van der Waals surface area contributed by atoms with E-state index in [2.05, 4.69) is 25.9 Å². The van der Waals surface area contributed by atoms with E-state index >= 15 is 0 Å². The molecule has 6 heteroatoms. The minimum Gasteiger partial charge on any atom is -0.393 e. The Balaban J connectivity index is 2.09. The van der Waals surface area contributed by atoms with E-state index in [1.54, 1.807) is 6.20 Å². The monoisotopic (exact) mass is 310 g/mol. The first-order valence-corrected chi connectivity index (χ1v) is 6.92. The standard InChI is InChI=1S/C12H15BrN4O/c13-10-9-11(14)15-4-5-17(9)12(16-10)7-2-1-3-8(18)6-7/h4-5,7-8,18H,1-3,6H2,(H2,14,15). The van der Waals surface area contributed by atoms with Crippen LogP contribution in [0.15, 0.2) is 17.0 Å². The maximum Gasteiger partial charge on any atom is 0.150 e. The number of nitrogens with zero attached hydrogens (tertiary/aromatic N) is 3. The van der Waals surface area contributed by atoms with Crippen LogP contribution in [0.2, 0.25) is 0 Å². The molecule has 2 atom stereocenters. The van der Waals surface area contributed by atoms with Crippen molar-refractivity contribution < 1.29 is 5.11 Å². The summed E-state index contributed by atoms with van der Waals surface area (Å²) in [5.74, 6) is 1.72. The minimum absolute atomic E-state index is 0.214. The van der Waals surface area contributed by atoms with Crippen molar-refractivity contribution in [1.82, 2.24) is 14.4 Å². The molecule has 1 aliphatic rings. The van der Waals surface area contributed by atoms with Crippen LogP contribution in [0, 0.1) is 0 Å². The van der Waals surface area contributed by atoms with Gasteiger partial charge in [0.15, 0.2) is 5.82 Å². The molecule has 1 saturated carbocycles. The van der Waals surface area contributed by atoms with Crippen LogP contribution in [0.3, 0.4) is 0 Å². The van der Waals surface area contributed by atoms with Crippen LogP contribution in [-0.2, 0) is 0 Å². The second-order valence-corrected chi connectivity index (χ2v) is 5.56. The maximum atomic E-state index is 9.79. The molecule has 1 aliphatic carbocycles. The fraction of sp³-hybridized carbons (Fsp3) is 0.500. The Morgan fingerprint density at radius 2 is 2.28 bits per heavy atom. The molecule has 5 nitrogen and oxygen atoms in total. The van der Waals surface area contributed by atoms with Crippen molar-refractivity contribution in [3.63, 3.8) is 0 Å². The number of aromatic nitrogens is 3. The Morgan fingerprint density at radius 3 is 3.06 bits per heavy atom. The van der Waals surface area contributed by atoms with E-state index in [-0.39, 0.29) is 12.0 Å². The largest absolute Gasteiger partial charge is 0.393 e. The molecule has 2 aromatic rings. The molecule has 0 spiro atoms. The van der Waals surface area contributed by atoms with Crippen LogP contribution in [-0.4, -0.2) is 25.6 Å². The summed E-state index contributed by atoms with van der Waals surface area (Å²) in [4.78, 5) is 8.64. The normalized spacial score (nSPS) is 24.6. The summed E-state index contributed by atoms with van der Waals surface area (Å²) in [5.41, 5.74) is 6.69. The van der Waals surface area contributed by atoms with Gasteiger partial charge in [-0.3, -0.25) is 4.40 Å². The third-order valence-corrected chi connectivity index (χ3v) is 4.13. The predicted molar refractivity (Wildman–Crippen MR) is 72.3 cm³/mol. The predicted octanol–water partition coefficient (Wildman–Crippen LogP) is 2.09. The minimum atomic E-state index is -0.214. The fourth-order valence-corrected chi connectivity index (χ4v) is 3.31. The number of aliphatic hydroxyl groups excluding tert-OH is 1. The van der Waals surface area contributed by atoms with E-state index in [1.807, 2.05) is 10.6 Å². The van der Waals surface area contributed by atoms with Gasteiger partial charge in [-0.2, -0.15) is 0 Å². The smallest absolute Gasteiger partial charge is 0.150 e. The Kier molecular flexibility index (Phi) is 2.99. The van der Waals surface area contributed by atoms with Crippen molar-refractivity contribution in [2.75, 3.05) is 5.73 Å². The van der Waals surface area contributed by atoms with Gasteiger partial charge >= 0.3 is 0 Å². The molecule has 2 heterocycles. The maximum absolute atomic E-state index is 9.79.